The number of hydrogen-bond donors (Lipinski definition) is 2. The maximum absolute atomic E-state index is 5.34. The number of benzene rings is 2. The maximum Gasteiger partial charge on any atom is 0.195 e. The number of aliphatic imine (C=N–C) groups is 1. The Bertz CT molecular complexity index is 732. The summed E-state index contributed by atoms with van der Waals surface area (Å²) in [6, 6.07) is 13.7. The summed E-state index contributed by atoms with van der Waals surface area (Å²) in [4.78, 5) is 4.64. The second kappa shape index (κ2) is 10.2. The van der Waals surface area contributed by atoms with E-state index in [9.17, 15) is 0 Å². The van der Waals surface area contributed by atoms with Crippen molar-refractivity contribution in [2.24, 2.45) is 4.99 Å². The molecule has 0 unspecified atom stereocenters. The first kappa shape index (κ1) is 19.4. The van der Waals surface area contributed by atoms with Crippen LogP contribution in [0.1, 0.15) is 12.5 Å². The summed E-state index contributed by atoms with van der Waals surface area (Å²) in [6.07, 6.45) is 0.833. The zero-order chi connectivity index (χ0) is 18.8. The van der Waals surface area contributed by atoms with Gasteiger partial charge in [-0.1, -0.05) is 12.1 Å². The molecule has 2 N–H and O–H groups in total. The van der Waals surface area contributed by atoms with Crippen LogP contribution in [-0.2, 0) is 6.42 Å². The number of ether oxygens (including phenoxy) is 3. The first-order valence-electron chi connectivity index (χ1n) is 8.60. The SMILES string of the molecule is CCNC(=NCCc1cccc(OC)c1)Nc1ccc(OC)c(OC)c1. The van der Waals surface area contributed by atoms with E-state index >= 15 is 0 Å². The quantitative estimate of drug-likeness (QED) is 0.560. The van der Waals surface area contributed by atoms with E-state index in [1.165, 1.54) is 5.56 Å². The van der Waals surface area contributed by atoms with Gasteiger partial charge < -0.3 is 24.8 Å². The molecule has 0 aliphatic rings. The summed E-state index contributed by atoms with van der Waals surface area (Å²) in [5, 5.41) is 6.54. The van der Waals surface area contributed by atoms with Gasteiger partial charge in [-0.2, -0.15) is 0 Å². The van der Waals surface area contributed by atoms with E-state index in [0.29, 0.717) is 18.0 Å². The molecule has 0 aliphatic heterocycles. The smallest absolute Gasteiger partial charge is 0.195 e. The zero-order valence-electron chi connectivity index (χ0n) is 15.8. The lowest BCUT2D eigenvalue weighted by molar-refractivity contribution is 0.355. The van der Waals surface area contributed by atoms with E-state index in [4.69, 9.17) is 14.2 Å². The summed E-state index contributed by atoms with van der Waals surface area (Å²) in [5.41, 5.74) is 2.07. The van der Waals surface area contributed by atoms with Crippen LogP contribution in [0.2, 0.25) is 0 Å². The van der Waals surface area contributed by atoms with Crippen LogP contribution in [0.4, 0.5) is 5.69 Å². The molecule has 2 aromatic rings. The van der Waals surface area contributed by atoms with E-state index in [-0.39, 0.29) is 0 Å². The molecule has 0 saturated heterocycles. The molecule has 6 nitrogen and oxygen atoms in total. The molecule has 0 spiro atoms. The number of nitrogens with one attached hydrogen (secondary N) is 2. The highest BCUT2D eigenvalue weighted by Gasteiger charge is 2.06. The van der Waals surface area contributed by atoms with Gasteiger partial charge in [0, 0.05) is 24.8 Å². The first-order valence-corrected chi connectivity index (χ1v) is 8.60. The fourth-order valence-corrected chi connectivity index (χ4v) is 2.48. The molecular formula is C20H27N3O3. The topological polar surface area (TPSA) is 64.1 Å². The summed E-state index contributed by atoms with van der Waals surface area (Å²) in [5.74, 6) is 2.95. The van der Waals surface area contributed by atoms with Crippen molar-refractivity contribution in [2.75, 3.05) is 39.7 Å². The van der Waals surface area contributed by atoms with Crippen molar-refractivity contribution in [3.63, 3.8) is 0 Å². The third-order valence-corrected chi connectivity index (χ3v) is 3.80. The van der Waals surface area contributed by atoms with Crippen molar-refractivity contribution >= 4 is 11.6 Å². The molecule has 2 aromatic carbocycles. The first-order chi connectivity index (χ1) is 12.7. The fourth-order valence-electron chi connectivity index (χ4n) is 2.48. The lowest BCUT2D eigenvalue weighted by atomic mass is 10.1. The van der Waals surface area contributed by atoms with Crippen molar-refractivity contribution in [1.82, 2.24) is 5.32 Å². The number of guanidine groups is 1. The highest BCUT2D eigenvalue weighted by Crippen LogP contribution is 2.29. The lowest BCUT2D eigenvalue weighted by Crippen LogP contribution is -2.30. The number of nitrogens with zero attached hydrogens (tertiary/aromatic N) is 1. The highest BCUT2D eigenvalue weighted by atomic mass is 16.5. The molecule has 0 amide bonds. The molecule has 0 fully saturated rings. The lowest BCUT2D eigenvalue weighted by Gasteiger charge is -2.14. The van der Waals surface area contributed by atoms with Crippen molar-refractivity contribution in [3.8, 4) is 17.2 Å². The number of methoxy groups -OCH3 is 3. The molecule has 0 bridgehead atoms. The minimum absolute atomic E-state index is 0.662. The van der Waals surface area contributed by atoms with Gasteiger partial charge >= 0.3 is 0 Å². The molecule has 6 heteroatoms. The minimum Gasteiger partial charge on any atom is -0.497 e. The molecule has 0 aromatic heterocycles. The van der Waals surface area contributed by atoms with Gasteiger partial charge in [0.2, 0.25) is 0 Å². The molecule has 0 heterocycles. The summed E-state index contributed by atoms with van der Waals surface area (Å²) in [6.45, 7) is 3.47. The largest absolute Gasteiger partial charge is 0.497 e. The van der Waals surface area contributed by atoms with Crippen LogP contribution in [0.3, 0.4) is 0 Å². The van der Waals surface area contributed by atoms with Crippen molar-refractivity contribution in [3.05, 3.63) is 48.0 Å². The Morgan fingerprint density at radius 1 is 0.962 bits per heavy atom. The standard InChI is InChI=1S/C20H27N3O3/c1-5-21-20(22-12-11-15-7-6-8-17(13-15)24-2)23-16-9-10-18(25-3)19(14-16)26-4/h6-10,13-14H,5,11-12H2,1-4H3,(H2,21,22,23). The van der Waals surface area contributed by atoms with E-state index in [1.807, 2.05) is 43.3 Å². The Balaban J connectivity index is 2.04. The van der Waals surface area contributed by atoms with Crippen molar-refractivity contribution in [2.45, 2.75) is 13.3 Å². The van der Waals surface area contributed by atoms with Crippen LogP contribution >= 0.6 is 0 Å². The predicted molar refractivity (Wildman–Crippen MR) is 106 cm³/mol. The van der Waals surface area contributed by atoms with Gasteiger partial charge in [0.25, 0.3) is 0 Å². The van der Waals surface area contributed by atoms with E-state index in [1.54, 1.807) is 21.3 Å². The minimum atomic E-state index is 0.662. The van der Waals surface area contributed by atoms with Gasteiger partial charge in [-0.25, -0.2) is 0 Å². The van der Waals surface area contributed by atoms with Gasteiger partial charge in [-0.3, -0.25) is 4.99 Å². The number of rotatable bonds is 8. The second-order valence-corrected chi connectivity index (χ2v) is 5.56. The molecule has 0 saturated carbocycles. The van der Waals surface area contributed by atoms with Gasteiger partial charge in [0.1, 0.15) is 5.75 Å². The normalized spacial score (nSPS) is 11.0. The van der Waals surface area contributed by atoms with Crippen molar-refractivity contribution in [1.29, 1.82) is 0 Å². The van der Waals surface area contributed by atoms with Crippen LogP contribution in [0.5, 0.6) is 17.2 Å². The van der Waals surface area contributed by atoms with E-state index in [0.717, 1.165) is 30.4 Å². The third-order valence-electron chi connectivity index (χ3n) is 3.80. The van der Waals surface area contributed by atoms with Crippen LogP contribution in [0, 0.1) is 0 Å². The van der Waals surface area contributed by atoms with Crippen LogP contribution in [0.25, 0.3) is 0 Å². The Morgan fingerprint density at radius 2 is 1.77 bits per heavy atom. The van der Waals surface area contributed by atoms with Crippen LogP contribution in [0.15, 0.2) is 47.5 Å². The highest BCUT2D eigenvalue weighted by molar-refractivity contribution is 5.93. The number of hydrogen-bond acceptors (Lipinski definition) is 4. The Labute approximate surface area is 155 Å². The monoisotopic (exact) mass is 357 g/mol. The van der Waals surface area contributed by atoms with Gasteiger partial charge in [-0.05, 0) is 43.2 Å². The average Bonchev–Trinajstić information content (AvgIpc) is 2.68. The molecule has 0 radical (unpaired) electrons. The summed E-state index contributed by atoms with van der Waals surface area (Å²) < 4.78 is 15.9. The summed E-state index contributed by atoms with van der Waals surface area (Å²) in [7, 11) is 4.91. The van der Waals surface area contributed by atoms with Gasteiger partial charge in [0.15, 0.2) is 17.5 Å². The average molecular weight is 357 g/mol. The van der Waals surface area contributed by atoms with E-state index < -0.39 is 0 Å². The molecule has 2 rings (SSSR count). The number of anilines is 1. The summed E-state index contributed by atoms with van der Waals surface area (Å²) >= 11 is 0. The Morgan fingerprint density at radius 3 is 2.46 bits per heavy atom. The van der Waals surface area contributed by atoms with Gasteiger partial charge in [0.05, 0.1) is 21.3 Å². The second-order valence-electron chi connectivity index (χ2n) is 5.56. The Kier molecular flexibility index (Phi) is 7.61. The van der Waals surface area contributed by atoms with E-state index in [2.05, 4.69) is 21.7 Å². The third kappa shape index (κ3) is 5.58. The van der Waals surface area contributed by atoms with Crippen LogP contribution < -0.4 is 24.8 Å². The molecule has 26 heavy (non-hydrogen) atoms. The molecule has 0 aliphatic carbocycles. The Hall–Kier alpha value is -2.89. The predicted octanol–water partition coefficient (Wildman–Crippen LogP) is 3.33. The van der Waals surface area contributed by atoms with Gasteiger partial charge in [-0.15, -0.1) is 0 Å². The molecule has 0 atom stereocenters. The van der Waals surface area contributed by atoms with Crippen molar-refractivity contribution < 1.29 is 14.2 Å². The fraction of sp³-hybridized carbons (Fsp3) is 0.350. The maximum atomic E-state index is 5.34. The molecule has 140 valence electrons. The van der Waals surface area contributed by atoms with Crippen LogP contribution in [-0.4, -0.2) is 40.4 Å². The molecular weight excluding hydrogens is 330 g/mol. The zero-order valence-corrected chi connectivity index (χ0v) is 15.8.